The van der Waals surface area contributed by atoms with Crippen LogP contribution in [0.25, 0.3) is 0 Å². The zero-order valence-electron chi connectivity index (χ0n) is 8.64. The monoisotopic (exact) mass is 244 g/mol. The summed E-state index contributed by atoms with van der Waals surface area (Å²) in [5.74, 6) is -0.628. The first-order valence-electron chi connectivity index (χ1n) is 4.24. The second-order valence-corrected chi connectivity index (χ2v) is 3.29. The highest BCUT2D eigenvalue weighted by Crippen LogP contribution is 2.28. The molecule has 0 bridgehead atoms. The van der Waals surface area contributed by atoms with E-state index in [4.69, 9.17) is 11.6 Å². The van der Waals surface area contributed by atoms with Crippen molar-refractivity contribution >= 4 is 23.2 Å². The molecule has 0 N–H and O–H groups in total. The van der Waals surface area contributed by atoms with Crippen LogP contribution in [-0.2, 0) is 4.84 Å². The summed E-state index contributed by atoms with van der Waals surface area (Å²) in [5.41, 5.74) is -0.528. The Hall–Kier alpha value is -1.66. The molecule has 0 spiro atoms. The van der Waals surface area contributed by atoms with Crippen LogP contribution in [-0.4, -0.2) is 30.1 Å². The van der Waals surface area contributed by atoms with E-state index in [1.165, 1.54) is 32.4 Å². The fraction of sp³-hybridized carbons (Fsp3) is 0.222. The maximum Gasteiger partial charge on any atom is 0.300 e. The minimum atomic E-state index is -0.695. The molecule has 0 saturated carbocycles. The number of rotatable bonds is 3. The van der Waals surface area contributed by atoms with Gasteiger partial charge < -0.3 is 0 Å². The fourth-order valence-corrected chi connectivity index (χ4v) is 1.37. The van der Waals surface area contributed by atoms with Crippen molar-refractivity contribution in [3.05, 3.63) is 38.9 Å². The molecule has 0 heterocycles. The Balaban J connectivity index is 3.28. The minimum absolute atomic E-state index is 0.0830. The molecule has 1 rings (SSSR count). The van der Waals surface area contributed by atoms with Gasteiger partial charge in [-0.3, -0.25) is 19.7 Å². The molecule has 0 saturated heterocycles. The minimum Gasteiger partial charge on any atom is -0.274 e. The molecule has 6 nitrogen and oxygen atoms in total. The second kappa shape index (κ2) is 4.91. The average Bonchev–Trinajstić information content (AvgIpc) is 2.26. The number of nitro benzene ring substituents is 1. The number of nitro groups is 1. The lowest BCUT2D eigenvalue weighted by Gasteiger charge is -2.13. The fourth-order valence-electron chi connectivity index (χ4n) is 1.13. The zero-order chi connectivity index (χ0) is 12.3. The quantitative estimate of drug-likeness (QED) is 0.601. The smallest absolute Gasteiger partial charge is 0.274 e. The van der Waals surface area contributed by atoms with Crippen LogP contribution in [0.2, 0.25) is 5.02 Å². The van der Waals surface area contributed by atoms with Gasteiger partial charge >= 0.3 is 5.69 Å². The van der Waals surface area contributed by atoms with Crippen molar-refractivity contribution in [3.8, 4) is 0 Å². The Kier molecular flexibility index (Phi) is 3.81. The predicted octanol–water partition coefficient (Wildman–Crippen LogP) is 1.88. The summed E-state index contributed by atoms with van der Waals surface area (Å²) in [5, 5.41) is 11.6. The number of nitrogens with zero attached hydrogens (tertiary/aromatic N) is 2. The normalized spacial score (nSPS) is 9.94. The largest absolute Gasteiger partial charge is 0.300 e. The summed E-state index contributed by atoms with van der Waals surface area (Å²) >= 11 is 5.66. The first kappa shape index (κ1) is 12.4. The predicted molar refractivity (Wildman–Crippen MR) is 57.2 cm³/mol. The molecular weight excluding hydrogens is 236 g/mol. The Morgan fingerprint density at radius 3 is 2.69 bits per heavy atom. The number of carbonyl (C=O) groups is 1. The highest BCUT2D eigenvalue weighted by atomic mass is 35.5. The van der Waals surface area contributed by atoms with Gasteiger partial charge in [0.05, 0.1) is 12.0 Å². The van der Waals surface area contributed by atoms with E-state index in [1.807, 2.05) is 0 Å². The summed E-state index contributed by atoms with van der Waals surface area (Å²) in [6.07, 6.45) is 0. The number of para-hydroxylation sites is 1. The molecule has 0 aliphatic rings. The van der Waals surface area contributed by atoms with Crippen LogP contribution in [0.4, 0.5) is 5.69 Å². The van der Waals surface area contributed by atoms with Crippen molar-refractivity contribution in [2.24, 2.45) is 0 Å². The zero-order valence-corrected chi connectivity index (χ0v) is 9.39. The Morgan fingerprint density at radius 2 is 2.19 bits per heavy atom. The van der Waals surface area contributed by atoms with Crippen LogP contribution < -0.4 is 0 Å². The number of halogens is 1. The Labute approximate surface area is 96.5 Å². The summed E-state index contributed by atoms with van der Waals surface area (Å²) in [6, 6.07) is 4.14. The van der Waals surface area contributed by atoms with Gasteiger partial charge in [0.1, 0.15) is 10.6 Å². The maximum absolute atomic E-state index is 11.7. The van der Waals surface area contributed by atoms with Crippen LogP contribution in [0, 0.1) is 10.1 Å². The molecule has 7 heteroatoms. The van der Waals surface area contributed by atoms with E-state index < -0.39 is 16.5 Å². The van der Waals surface area contributed by atoms with E-state index in [1.54, 1.807) is 0 Å². The van der Waals surface area contributed by atoms with Gasteiger partial charge in [-0.15, -0.1) is 0 Å². The van der Waals surface area contributed by atoms with Crippen LogP contribution in [0.1, 0.15) is 10.4 Å². The lowest BCUT2D eigenvalue weighted by atomic mass is 10.1. The summed E-state index contributed by atoms with van der Waals surface area (Å²) in [6.45, 7) is 0. The molecule has 16 heavy (non-hydrogen) atoms. The maximum atomic E-state index is 11.7. The van der Waals surface area contributed by atoms with Gasteiger partial charge in [-0.2, -0.15) is 0 Å². The van der Waals surface area contributed by atoms with E-state index in [0.717, 1.165) is 5.06 Å². The van der Waals surface area contributed by atoms with E-state index in [2.05, 4.69) is 4.84 Å². The van der Waals surface area contributed by atoms with Crippen molar-refractivity contribution in [3.63, 3.8) is 0 Å². The Bertz CT molecular complexity index is 436. The van der Waals surface area contributed by atoms with Crippen LogP contribution >= 0.6 is 11.6 Å². The van der Waals surface area contributed by atoms with Crippen LogP contribution in [0.5, 0.6) is 0 Å². The number of amides is 1. The molecule has 86 valence electrons. The molecule has 0 radical (unpaired) electrons. The molecule has 0 aromatic heterocycles. The number of carbonyl (C=O) groups excluding carboxylic acids is 1. The van der Waals surface area contributed by atoms with E-state index in [0.29, 0.717) is 0 Å². The molecule has 1 aromatic rings. The van der Waals surface area contributed by atoms with E-state index in [9.17, 15) is 14.9 Å². The van der Waals surface area contributed by atoms with E-state index in [-0.39, 0.29) is 10.6 Å². The highest BCUT2D eigenvalue weighted by Gasteiger charge is 2.25. The second-order valence-electron chi connectivity index (χ2n) is 2.88. The standard InChI is InChI=1S/C9H9ClN2O4/c1-11(16-2)9(13)6-4-3-5-7(10)8(6)12(14)15/h3-5H,1-2H3. The van der Waals surface area contributed by atoms with Gasteiger partial charge in [-0.25, -0.2) is 5.06 Å². The molecule has 1 aromatic carbocycles. The third-order valence-corrected chi connectivity index (χ3v) is 2.26. The Morgan fingerprint density at radius 1 is 1.56 bits per heavy atom. The molecule has 0 unspecified atom stereocenters. The van der Waals surface area contributed by atoms with Crippen molar-refractivity contribution in [2.45, 2.75) is 0 Å². The van der Waals surface area contributed by atoms with Crippen LogP contribution in [0.3, 0.4) is 0 Å². The van der Waals surface area contributed by atoms with Crippen molar-refractivity contribution < 1.29 is 14.6 Å². The third kappa shape index (κ3) is 2.29. The van der Waals surface area contributed by atoms with E-state index >= 15 is 0 Å². The van der Waals surface area contributed by atoms with Gasteiger partial charge in [0.25, 0.3) is 5.91 Å². The number of hydrogen-bond donors (Lipinski definition) is 0. The van der Waals surface area contributed by atoms with Crippen molar-refractivity contribution in [1.82, 2.24) is 5.06 Å². The summed E-state index contributed by atoms with van der Waals surface area (Å²) < 4.78 is 0. The van der Waals surface area contributed by atoms with Gasteiger partial charge in [-0.05, 0) is 12.1 Å². The lowest BCUT2D eigenvalue weighted by Crippen LogP contribution is -2.26. The summed E-state index contributed by atoms with van der Waals surface area (Å²) in [7, 11) is 2.64. The van der Waals surface area contributed by atoms with Crippen LogP contribution in [0.15, 0.2) is 18.2 Å². The highest BCUT2D eigenvalue weighted by molar-refractivity contribution is 6.33. The number of hydrogen-bond acceptors (Lipinski definition) is 4. The summed E-state index contributed by atoms with van der Waals surface area (Å²) in [4.78, 5) is 26.4. The van der Waals surface area contributed by atoms with Crippen molar-refractivity contribution in [1.29, 1.82) is 0 Å². The number of benzene rings is 1. The molecule has 0 aliphatic heterocycles. The van der Waals surface area contributed by atoms with Gasteiger partial charge in [0.15, 0.2) is 0 Å². The molecular formula is C9H9ClN2O4. The van der Waals surface area contributed by atoms with Crippen molar-refractivity contribution in [2.75, 3.05) is 14.2 Å². The lowest BCUT2D eigenvalue weighted by molar-refractivity contribution is -0.385. The first-order valence-corrected chi connectivity index (χ1v) is 4.62. The molecule has 0 fully saturated rings. The molecule has 1 amide bonds. The average molecular weight is 245 g/mol. The third-order valence-electron chi connectivity index (χ3n) is 1.96. The molecule has 0 aliphatic carbocycles. The first-order chi connectivity index (χ1) is 7.49. The van der Waals surface area contributed by atoms with Gasteiger partial charge in [-0.1, -0.05) is 17.7 Å². The number of hydroxylamine groups is 2. The van der Waals surface area contributed by atoms with Gasteiger partial charge in [0, 0.05) is 7.05 Å². The SMILES string of the molecule is CON(C)C(=O)c1cccc(Cl)c1[N+](=O)[O-]. The van der Waals surface area contributed by atoms with Gasteiger partial charge in [0.2, 0.25) is 0 Å². The topological polar surface area (TPSA) is 72.7 Å². The molecule has 0 atom stereocenters.